The molecule has 0 aromatic heterocycles. The van der Waals surface area contributed by atoms with Gasteiger partial charge in [-0.05, 0) is 30.2 Å². The van der Waals surface area contributed by atoms with Crippen LogP contribution in [0.5, 0.6) is 11.5 Å². The predicted molar refractivity (Wildman–Crippen MR) is 73.7 cm³/mol. The normalized spacial score (nSPS) is 9.80. The Bertz CT molecular complexity index is 673. The van der Waals surface area contributed by atoms with Crippen molar-refractivity contribution in [2.24, 2.45) is 0 Å². The van der Waals surface area contributed by atoms with Gasteiger partial charge < -0.3 is 4.74 Å². The summed E-state index contributed by atoms with van der Waals surface area (Å²) >= 11 is 0. The van der Waals surface area contributed by atoms with Crippen molar-refractivity contribution in [1.82, 2.24) is 0 Å². The highest BCUT2D eigenvalue weighted by Crippen LogP contribution is 2.27. The number of nitro groups is 1. The second-order valence-electron chi connectivity index (χ2n) is 4.15. The predicted octanol–water partition coefficient (Wildman–Crippen LogP) is 3.82. The van der Waals surface area contributed by atoms with Gasteiger partial charge in [-0.25, -0.2) is 0 Å². The van der Waals surface area contributed by atoms with E-state index in [1.54, 1.807) is 6.07 Å². The first-order valence-corrected chi connectivity index (χ1v) is 6.09. The molecule has 0 saturated heterocycles. The Hall–Kier alpha value is -2.87. The van der Waals surface area contributed by atoms with Gasteiger partial charge in [0.1, 0.15) is 23.1 Å². The van der Waals surface area contributed by atoms with Gasteiger partial charge in [-0.3, -0.25) is 10.1 Å². The van der Waals surface area contributed by atoms with E-state index < -0.39 is 4.92 Å². The van der Waals surface area contributed by atoms with Gasteiger partial charge in [-0.2, -0.15) is 5.26 Å². The van der Waals surface area contributed by atoms with Crippen LogP contribution in [0.25, 0.3) is 0 Å². The van der Waals surface area contributed by atoms with Crippen LogP contribution in [0.1, 0.15) is 18.1 Å². The summed E-state index contributed by atoms with van der Waals surface area (Å²) < 4.78 is 5.58. The highest BCUT2D eigenvalue weighted by atomic mass is 16.6. The summed E-state index contributed by atoms with van der Waals surface area (Å²) in [6.07, 6.45) is 0.941. The molecule has 0 radical (unpaired) electrons. The van der Waals surface area contributed by atoms with Crippen LogP contribution in [0.4, 0.5) is 5.69 Å². The molecule has 5 nitrogen and oxygen atoms in total. The quantitative estimate of drug-likeness (QED) is 0.623. The Morgan fingerprint density at radius 2 is 1.85 bits per heavy atom. The number of aryl methyl sites for hydroxylation is 1. The average molecular weight is 268 g/mol. The smallest absolute Gasteiger partial charge is 0.287 e. The largest absolute Gasteiger partial charge is 0.457 e. The van der Waals surface area contributed by atoms with Crippen molar-refractivity contribution in [1.29, 1.82) is 5.26 Å². The molecule has 0 heterocycles. The molecule has 0 spiro atoms. The number of rotatable bonds is 4. The van der Waals surface area contributed by atoms with E-state index in [9.17, 15) is 10.1 Å². The zero-order chi connectivity index (χ0) is 14.5. The van der Waals surface area contributed by atoms with Gasteiger partial charge in [0.15, 0.2) is 0 Å². The fourth-order valence-corrected chi connectivity index (χ4v) is 1.76. The molecule has 0 saturated carbocycles. The van der Waals surface area contributed by atoms with Gasteiger partial charge in [0.2, 0.25) is 0 Å². The van der Waals surface area contributed by atoms with Crippen LogP contribution in [0.15, 0.2) is 42.5 Å². The van der Waals surface area contributed by atoms with Crippen LogP contribution in [0.2, 0.25) is 0 Å². The Kier molecular flexibility index (Phi) is 3.96. The average Bonchev–Trinajstić information content (AvgIpc) is 2.47. The van der Waals surface area contributed by atoms with Crippen LogP contribution < -0.4 is 4.74 Å². The number of hydrogen-bond acceptors (Lipinski definition) is 4. The molecule has 0 N–H and O–H groups in total. The van der Waals surface area contributed by atoms with Crippen molar-refractivity contribution in [2.45, 2.75) is 13.3 Å². The lowest BCUT2D eigenvalue weighted by molar-refractivity contribution is -0.385. The topological polar surface area (TPSA) is 76.2 Å². The van der Waals surface area contributed by atoms with Crippen molar-refractivity contribution < 1.29 is 9.66 Å². The van der Waals surface area contributed by atoms with Crippen LogP contribution in [-0.4, -0.2) is 4.92 Å². The number of nitro benzene ring substituents is 1. The van der Waals surface area contributed by atoms with E-state index in [2.05, 4.69) is 6.92 Å². The van der Waals surface area contributed by atoms with Gasteiger partial charge >= 0.3 is 0 Å². The molecule has 0 amide bonds. The molecule has 2 rings (SSSR count). The minimum absolute atomic E-state index is 0.0160. The van der Waals surface area contributed by atoms with Crippen molar-refractivity contribution in [3.8, 4) is 17.6 Å². The molecule has 2 aromatic carbocycles. The van der Waals surface area contributed by atoms with E-state index in [0.29, 0.717) is 11.5 Å². The lowest BCUT2D eigenvalue weighted by Gasteiger charge is -2.06. The Labute approximate surface area is 116 Å². The molecule has 0 aliphatic rings. The van der Waals surface area contributed by atoms with Crippen LogP contribution in [0, 0.1) is 21.4 Å². The van der Waals surface area contributed by atoms with E-state index in [0.717, 1.165) is 6.42 Å². The van der Waals surface area contributed by atoms with E-state index in [1.807, 2.05) is 24.3 Å². The van der Waals surface area contributed by atoms with Crippen molar-refractivity contribution in [3.05, 3.63) is 63.7 Å². The maximum atomic E-state index is 10.7. The number of ether oxygens (including phenoxy) is 1. The fraction of sp³-hybridized carbons (Fsp3) is 0.133. The summed E-state index contributed by atoms with van der Waals surface area (Å²) in [5.41, 5.74) is 0.956. The van der Waals surface area contributed by atoms with Gasteiger partial charge in [-0.1, -0.05) is 19.1 Å². The summed E-state index contributed by atoms with van der Waals surface area (Å²) in [4.78, 5) is 10.1. The second-order valence-corrected chi connectivity index (χ2v) is 4.15. The first kappa shape index (κ1) is 13.6. The third-order valence-electron chi connectivity index (χ3n) is 2.85. The standard InChI is InChI=1S/C15H12N2O3/c1-2-11-3-5-13(6-4-11)20-14-7-8-15(17(18)19)12(9-14)10-16/h3-9H,2H2,1H3. The van der Waals surface area contributed by atoms with Gasteiger partial charge in [0, 0.05) is 12.1 Å². The van der Waals surface area contributed by atoms with Crippen LogP contribution in [0.3, 0.4) is 0 Å². The molecule has 0 bridgehead atoms. The first-order valence-electron chi connectivity index (χ1n) is 6.09. The third kappa shape index (κ3) is 2.93. The molecule has 0 aliphatic carbocycles. The molecule has 100 valence electrons. The fourth-order valence-electron chi connectivity index (χ4n) is 1.76. The van der Waals surface area contributed by atoms with Gasteiger partial charge in [0.25, 0.3) is 5.69 Å². The van der Waals surface area contributed by atoms with Crippen molar-refractivity contribution in [3.63, 3.8) is 0 Å². The lowest BCUT2D eigenvalue weighted by atomic mass is 10.1. The molecule has 0 unspecified atom stereocenters. The highest BCUT2D eigenvalue weighted by Gasteiger charge is 2.14. The zero-order valence-corrected chi connectivity index (χ0v) is 10.9. The molecule has 0 fully saturated rings. The number of hydrogen-bond donors (Lipinski definition) is 0. The van der Waals surface area contributed by atoms with Gasteiger partial charge in [0.05, 0.1) is 4.92 Å². The number of nitriles is 1. The molecule has 20 heavy (non-hydrogen) atoms. The highest BCUT2D eigenvalue weighted by molar-refractivity contribution is 5.52. The van der Waals surface area contributed by atoms with E-state index in [4.69, 9.17) is 10.00 Å². The Balaban J connectivity index is 2.25. The number of benzene rings is 2. The second kappa shape index (κ2) is 5.85. The van der Waals surface area contributed by atoms with Crippen molar-refractivity contribution in [2.75, 3.05) is 0 Å². The number of nitrogens with zero attached hydrogens (tertiary/aromatic N) is 2. The summed E-state index contributed by atoms with van der Waals surface area (Å²) in [6.45, 7) is 2.06. The maximum Gasteiger partial charge on any atom is 0.287 e. The molecule has 0 atom stereocenters. The molecule has 2 aromatic rings. The van der Waals surface area contributed by atoms with Crippen molar-refractivity contribution >= 4 is 5.69 Å². The summed E-state index contributed by atoms with van der Waals surface area (Å²) in [7, 11) is 0. The molecule has 0 aliphatic heterocycles. The molecule has 5 heteroatoms. The minimum Gasteiger partial charge on any atom is -0.457 e. The van der Waals surface area contributed by atoms with E-state index in [-0.39, 0.29) is 11.3 Å². The third-order valence-corrected chi connectivity index (χ3v) is 2.85. The zero-order valence-electron chi connectivity index (χ0n) is 10.9. The molecular weight excluding hydrogens is 256 g/mol. The molecular formula is C15H12N2O3. The Morgan fingerprint density at radius 3 is 2.40 bits per heavy atom. The lowest BCUT2D eigenvalue weighted by Crippen LogP contribution is -1.93. The Morgan fingerprint density at radius 1 is 1.20 bits per heavy atom. The van der Waals surface area contributed by atoms with E-state index >= 15 is 0 Å². The van der Waals surface area contributed by atoms with Crippen LogP contribution in [-0.2, 0) is 6.42 Å². The minimum atomic E-state index is -0.585. The maximum absolute atomic E-state index is 10.7. The summed E-state index contributed by atoms with van der Waals surface area (Å²) in [5.74, 6) is 1.02. The van der Waals surface area contributed by atoms with Gasteiger partial charge in [-0.15, -0.1) is 0 Å². The van der Waals surface area contributed by atoms with Crippen LogP contribution >= 0.6 is 0 Å². The van der Waals surface area contributed by atoms with E-state index in [1.165, 1.54) is 23.8 Å². The summed E-state index contributed by atoms with van der Waals surface area (Å²) in [5, 5.41) is 19.7. The first-order chi connectivity index (χ1) is 9.63. The monoisotopic (exact) mass is 268 g/mol. The SMILES string of the molecule is CCc1ccc(Oc2ccc([N+](=O)[O-])c(C#N)c2)cc1. The summed E-state index contributed by atoms with van der Waals surface area (Å²) in [6, 6.07) is 13.5.